The fourth-order valence-corrected chi connectivity index (χ4v) is 7.41. The highest BCUT2D eigenvalue weighted by molar-refractivity contribution is 5.97. The van der Waals surface area contributed by atoms with Crippen molar-refractivity contribution in [3.05, 3.63) is 65.9 Å². The van der Waals surface area contributed by atoms with E-state index in [0.29, 0.717) is 45.4 Å². The Bertz CT molecular complexity index is 1660. The number of benzene rings is 2. The molecule has 1 unspecified atom stereocenters. The maximum absolute atomic E-state index is 12.6. The molecule has 2 saturated heterocycles. The highest BCUT2D eigenvalue weighted by atomic mass is 16.5. The van der Waals surface area contributed by atoms with Gasteiger partial charge in [-0.05, 0) is 49.9 Å². The first-order valence-electron chi connectivity index (χ1n) is 16.0. The van der Waals surface area contributed by atoms with Crippen molar-refractivity contribution in [2.24, 2.45) is 0 Å². The van der Waals surface area contributed by atoms with Gasteiger partial charge in [0.25, 0.3) is 0 Å². The SMILES string of the molecule is C=CC(=O)N1CCN(c2nc(OCC3CN(C)CCO3)nc3c2CC2(CC2)N(c2cccc4cccc(C)c24)C3)C[C@@H]1CC#N. The molecule has 3 aliphatic heterocycles. The fourth-order valence-electron chi connectivity index (χ4n) is 7.41. The minimum atomic E-state index is -0.246. The molecule has 1 aromatic heterocycles. The van der Waals surface area contributed by atoms with Crippen LogP contribution in [-0.4, -0.2) is 96.3 Å². The molecule has 45 heavy (non-hydrogen) atoms. The van der Waals surface area contributed by atoms with E-state index < -0.39 is 0 Å². The lowest BCUT2D eigenvalue weighted by Crippen LogP contribution is -2.55. The van der Waals surface area contributed by atoms with Crippen LogP contribution in [0.5, 0.6) is 6.01 Å². The molecule has 10 nitrogen and oxygen atoms in total. The first kappa shape index (κ1) is 29.5. The van der Waals surface area contributed by atoms with Gasteiger partial charge in [0.1, 0.15) is 18.5 Å². The van der Waals surface area contributed by atoms with Crippen LogP contribution in [0.1, 0.15) is 36.1 Å². The molecular weight excluding hydrogens is 566 g/mol. The summed E-state index contributed by atoms with van der Waals surface area (Å²) < 4.78 is 12.3. The first-order valence-corrected chi connectivity index (χ1v) is 16.0. The van der Waals surface area contributed by atoms with E-state index in [-0.39, 0.29) is 30.0 Å². The van der Waals surface area contributed by atoms with Crippen molar-refractivity contribution in [3.63, 3.8) is 0 Å². The Labute approximate surface area is 264 Å². The maximum atomic E-state index is 12.6. The van der Waals surface area contributed by atoms with Crippen molar-refractivity contribution in [2.45, 2.75) is 56.8 Å². The number of piperazine rings is 1. The Hall–Kier alpha value is -4.20. The number of amides is 1. The molecule has 0 N–H and O–H groups in total. The van der Waals surface area contributed by atoms with Crippen LogP contribution in [0.2, 0.25) is 0 Å². The predicted octanol–water partition coefficient (Wildman–Crippen LogP) is 3.86. The number of carbonyl (C=O) groups is 1. The number of aromatic nitrogens is 2. The molecule has 4 aliphatic rings. The lowest BCUT2D eigenvalue weighted by atomic mass is 9.92. The van der Waals surface area contributed by atoms with Gasteiger partial charge in [-0.3, -0.25) is 4.79 Å². The second kappa shape index (κ2) is 12.0. The minimum Gasteiger partial charge on any atom is -0.461 e. The zero-order valence-electron chi connectivity index (χ0n) is 26.2. The first-order chi connectivity index (χ1) is 21.9. The van der Waals surface area contributed by atoms with Gasteiger partial charge in [0, 0.05) is 61.3 Å². The summed E-state index contributed by atoms with van der Waals surface area (Å²) >= 11 is 0. The molecule has 1 aliphatic carbocycles. The number of ether oxygens (including phenoxy) is 2. The van der Waals surface area contributed by atoms with Crippen molar-refractivity contribution in [3.8, 4) is 12.1 Å². The van der Waals surface area contributed by atoms with Crippen molar-refractivity contribution < 1.29 is 14.3 Å². The van der Waals surface area contributed by atoms with E-state index in [2.05, 4.69) is 77.7 Å². The third-order valence-corrected chi connectivity index (χ3v) is 9.95. The summed E-state index contributed by atoms with van der Waals surface area (Å²) in [4.78, 5) is 31.6. The van der Waals surface area contributed by atoms with Gasteiger partial charge >= 0.3 is 6.01 Å². The Kier molecular flexibility index (Phi) is 7.84. The van der Waals surface area contributed by atoms with Gasteiger partial charge < -0.3 is 29.1 Å². The number of hydrogen-bond donors (Lipinski definition) is 0. The summed E-state index contributed by atoms with van der Waals surface area (Å²) in [5.41, 5.74) is 4.66. The molecule has 1 amide bonds. The predicted molar refractivity (Wildman–Crippen MR) is 173 cm³/mol. The maximum Gasteiger partial charge on any atom is 0.318 e. The van der Waals surface area contributed by atoms with E-state index in [1.807, 2.05) is 0 Å². The number of carbonyl (C=O) groups excluding carboxylic acids is 1. The van der Waals surface area contributed by atoms with Crippen LogP contribution >= 0.6 is 0 Å². The van der Waals surface area contributed by atoms with Gasteiger partial charge in [0.15, 0.2) is 0 Å². The molecule has 1 saturated carbocycles. The van der Waals surface area contributed by atoms with E-state index in [1.165, 1.54) is 28.1 Å². The monoisotopic (exact) mass is 607 g/mol. The smallest absolute Gasteiger partial charge is 0.318 e. The van der Waals surface area contributed by atoms with Crippen LogP contribution in [0.4, 0.5) is 11.5 Å². The third kappa shape index (κ3) is 5.60. The minimum absolute atomic E-state index is 0.0112. The normalized spacial score (nSPS) is 22.6. The van der Waals surface area contributed by atoms with Crippen molar-refractivity contribution in [2.75, 3.05) is 62.8 Å². The molecule has 2 aromatic carbocycles. The van der Waals surface area contributed by atoms with Gasteiger partial charge in [-0.15, -0.1) is 0 Å². The molecule has 4 heterocycles. The summed E-state index contributed by atoms with van der Waals surface area (Å²) in [5, 5.41) is 12.1. The highest BCUT2D eigenvalue weighted by Gasteiger charge is 2.52. The second-order valence-electron chi connectivity index (χ2n) is 13.0. The third-order valence-electron chi connectivity index (χ3n) is 9.95. The quantitative estimate of drug-likeness (QED) is 0.371. The molecule has 10 heteroatoms. The second-order valence-corrected chi connectivity index (χ2v) is 13.0. The number of nitrogens with zero attached hydrogens (tertiary/aromatic N) is 7. The molecule has 2 atom stereocenters. The van der Waals surface area contributed by atoms with E-state index in [4.69, 9.17) is 19.4 Å². The summed E-state index contributed by atoms with van der Waals surface area (Å²) in [6.07, 6.45) is 4.59. The zero-order chi connectivity index (χ0) is 31.1. The summed E-state index contributed by atoms with van der Waals surface area (Å²) in [5.74, 6) is 0.726. The van der Waals surface area contributed by atoms with Crippen molar-refractivity contribution >= 4 is 28.2 Å². The number of likely N-dealkylation sites (N-methyl/N-ethyl adjacent to an activating group) is 1. The van der Waals surface area contributed by atoms with Crippen molar-refractivity contribution in [1.82, 2.24) is 19.8 Å². The summed E-state index contributed by atoms with van der Waals surface area (Å²) in [6, 6.07) is 15.5. The Morgan fingerprint density at radius 1 is 1.18 bits per heavy atom. The largest absolute Gasteiger partial charge is 0.461 e. The van der Waals surface area contributed by atoms with E-state index in [0.717, 1.165) is 49.4 Å². The topological polar surface area (TPSA) is 98.1 Å². The molecule has 1 spiro atoms. The number of rotatable bonds is 7. The number of anilines is 2. The van der Waals surface area contributed by atoms with E-state index in [9.17, 15) is 10.1 Å². The number of hydrogen-bond acceptors (Lipinski definition) is 9. The van der Waals surface area contributed by atoms with Gasteiger partial charge in [-0.1, -0.05) is 36.9 Å². The Morgan fingerprint density at radius 3 is 2.76 bits per heavy atom. The van der Waals surface area contributed by atoms with Crippen LogP contribution < -0.4 is 14.5 Å². The zero-order valence-corrected chi connectivity index (χ0v) is 26.2. The van der Waals surface area contributed by atoms with Gasteiger partial charge in [-0.2, -0.15) is 15.2 Å². The van der Waals surface area contributed by atoms with E-state index >= 15 is 0 Å². The number of morpholine rings is 1. The van der Waals surface area contributed by atoms with Gasteiger partial charge in [-0.25, -0.2) is 0 Å². The van der Waals surface area contributed by atoms with Crippen LogP contribution in [0.15, 0.2) is 49.1 Å². The molecular formula is C35H41N7O3. The Balaban J connectivity index is 1.26. The molecule has 0 bridgehead atoms. The average molecular weight is 608 g/mol. The Morgan fingerprint density at radius 2 is 2.00 bits per heavy atom. The molecule has 7 rings (SSSR count). The molecule has 0 radical (unpaired) electrons. The number of fused-ring (bicyclic) bond motifs is 2. The summed E-state index contributed by atoms with van der Waals surface area (Å²) in [6.45, 7) is 10.9. The van der Waals surface area contributed by atoms with E-state index in [1.54, 1.807) is 4.90 Å². The average Bonchev–Trinajstić information content (AvgIpc) is 3.82. The van der Waals surface area contributed by atoms with Gasteiger partial charge in [0.05, 0.1) is 37.4 Å². The summed E-state index contributed by atoms with van der Waals surface area (Å²) in [7, 11) is 2.09. The fraction of sp³-hybridized carbons (Fsp3) is 0.486. The lowest BCUT2D eigenvalue weighted by molar-refractivity contribution is -0.128. The van der Waals surface area contributed by atoms with Crippen LogP contribution in [-0.2, 0) is 22.5 Å². The number of aryl methyl sites for hydroxylation is 1. The van der Waals surface area contributed by atoms with Crippen LogP contribution in [0.3, 0.4) is 0 Å². The molecule has 3 aromatic rings. The highest BCUT2D eigenvalue weighted by Crippen LogP contribution is 2.53. The van der Waals surface area contributed by atoms with Crippen LogP contribution in [0.25, 0.3) is 10.8 Å². The molecule has 3 fully saturated rings. The van der Waals surface area contributed by atoms with Crippen molar-refractivity contribution in [1.29, 1.82) is 5.26 Å². The number of nitriles is 1. The van der Waals surface area contributed by atoms with Gasteiger partial charge in [0.2, 0.25) is 5.91 Å². The molecule has 234 valence electrons. The van der Waals surface area contributed by atoms with Crippen LogP contribution in [0, 0.1) is 18.3 Å². The standard InChI is InChI=1S/C35H41N7O3/c1-4-31(43)41-16-15-40(20-26(41)11-14-36)33-28-19-35(12-13-35)42(30-10-6-9-25-8-5-7-24(2)32(25)30)22-29(28)37-34(38-33)45-23-27-21-39(3)17-18-44-27/h4-10,26-27H,1,11-13,15-23H2,2-3H3/t26-,27?/m0/s1. The lowest BCUT2D eigenvalue weighted by Gasteiger charge is -2.44.